The van der Waals surface area contributed by atoms with E-state index in [-0.39, 0.29) is 17.9 Å². The summed E-state index contributed by atoms with van der Waals surface area (Å²) in [5, 5.41) is 3.06. The lowest BCUT2D eigenvalue weighted by molar-refractivity contribution is -0.118. The second-order valence-corrected chi connectivity index (χ2v) is 6.26. The van der Waals surface area contributed by atoms with Crippen molar-refractivity contribution in [3.8, 4) is 5.75 Å². The van der Waals surface area contributed by atoms with Gasteiger partial charge in [0.1, 0.15) is 5.75 Å². The maximum absolute atomic E-state index is 12.8. The molecule has 0 aromatic heterocycles. The van der Waals surface area contributed by atoms with Gasteiger partial charge in [-0.15, -0.1) is 0 Å². The van der Waals surface area contributed by atoms with E-state index in [1.165, 1.54) is 0 Å². The number of benzene rings is 1. The lowest BCUT2D eigenvalue weighted by atomic mass is 10.0. The number of nitrogens with zero attached hydrogens (tertiary/aromatic N) is 1. The zero-order chi connectivity index (χ0) is 18.2. The normalized spacial score (nSPS) is 15.8. The first-order valence-electron chi connectivity index (χ1n) is 9.05. The number of carbonyl (C=O) groups excluding carboxylic acids is 2. The first-order chi connectivity index (χ1) is 12.1. The number of amides is 2. The quantitative estimate of drug-likeness (QED) is 0.807. The monoisotopic (exact) mass is 344 g/mol. The lowest BCUT2D eigenvalue weighted by Crippen LogP contribution is -2.46. The van der Waals surface area contributed by atoms with Crippen molar-refractivity contribution in [1.82, 2.24) is 10.2 Å². The molecule has 1 aliphatic heterocycles. The summed E-state index contributed by atoms with van der Waals surface area (Å²) in [5.74, 6) is 0.620. The van der Waals surface area contributed by atoms with E-state index in [0.29, 0.717) is 31.0 Å². The number of piperidine rings is 1. The number of hydrogen-bond donors (Lipinski definition) is 1. The Balaban J connectivity index is 1.93. The van der Waals surface area contributed by atoms with Gasteiger partial charge >= 0.3 is 0 Å². The van der Waals surface area contributed by atoms with Crippen molar-refractivity contribution in [3.05, 3.63) is 41.5 Å². The number of ether oxygens (including phenoxy) is 1. The van der Waals surface area contributed by atoms with Crippen molar-refractivity contribution >= 4 is 11.8 Å². The number of hydrogen-bond acceptors (Lipinski definition) is 3. The molecule has 0 aliphatic carbocycles. The first kappa shape index (κ1) is 19.0. The molecule has 0 atom stereocenters. The van der Waals surface area contributed by atoms with Crippen LogP contribution in [0, 0.1) is 0 Å². The minimum absolute atomic E-state index is 0.00381. The highest BCUT2D eigenvalue weighted by molar-refractivity contribution is 5.97. The van der Waals surface area contributed by atoms with Gasteiger partial charge in [0.05, 0.1) is 12.2 Å². The Hall–Kier alpha value is -2.30. The van der Waals surface area contributed by atoms with Crippen LogP contribution in [-0.4, -0.2) is 42.5 Å². The molecule has 0 unspecified atom stereocenters. The molecule has 0 radical (unpaired) electrons. The van der Waals surface area contributed by atoms with Crippen molar-refractivity contribution < 1.29 is 14.3 Å². The predicted octanol–water partition coefficient (Wildman–Crippen LogP) is 3.16. The van der Waals surface area contributed by atoms with Crippen molar-refractivity contribution in [2.45, 2.75) is 46.1 Å². The Morgan fingerprint density at radius 1 is 1.24 bits per heavy atom. The maximum atomic E-state index is 12.8. The summed E-state index contributed by atoms with van der Waals surface area (Å²) in [6.45, 7) is 7.57. The van der Waals surface area contributed by atoms with Crippen LogP contribution in [0.25, 0.3) is 0 Å². The fraction of sp³-hybridized carbons (Fsp3) is 0.500. The van der Waals surface area contributed by atoms with Crippen molar-refractivity contribution in [2.24, 2.45) is 0 Å². The number of nitrogens with one attached hydrogen (secondary N) is 1. The minimum atomic E-state index is -0.00619. The van der Waals surface area contributed by atoms with E-state index in [1.807, 2.05) is 49.9 Å². The molecular formula is C20H28N2O3. The zero-order valence-electron chi connectivity index (χ0n) is 15.4. The number of carbonyl (C=O) groups is 2. The topological polar surface area (TPSA) is 58.6 Å². The van der Waals surface area contributed by atoms with Crippen LogP contribution in [0.2, 0.25) is 0 Å². The van der Waals surface area contributed by atoms with Crippen molar-refractivity contribution in [3.63, 3.8) is 0 Å². The molecule has 25 heavy (non-hydrogen) atoms. The molecule has 2 amide bonds. The van der Waals surface area contributed by atoms with E-state index in [0.717, 1.165) is 24.8 Å². The Morgan fingerprint density at radius 3 is 2.56 bits per heavy atom. The molecule has 1 aromatic carbocycles. The number of rotatable bonds is 6. The Morgan fingerprint density at radius 2 is 1.92 bits per heavy atom. The fourth-order valence-electron chi connectivity index (χ4n) is 3.02. The number of allylic oxidation sites excluding steroid dienone is 1. The van der Waals surface area contributed by atoms with Gasteiger partial charge in [-0.05, 0) is 45.2 Å². The minimum Gasteiger partial charge on any atom is -0.493 e. The SMILES string of the molecule is CCC=C(C)C(=O)NC1CCN(C(=O)c2ccccc2OCC)CC1. The van der Waals surface area contributed by atoms with Gasteiger partial charge in [0.2, 0.25) is 5.91 Å². The maximum Gasteiger partial charge on any atom is 0.257 e. The van der Waals surface area contributed by atoms with E-state index in [4.69, 9.17) is 4.74 Å². The van der Waals surface area contributed by atoms with Gasteiger partial charge in [-0.3, -0.25) is 9.59 Å². The molecule has 1 fully saturated rings. The Kier molecular flexibility index (Phi) is 7.04. The number of para-hydroxylation sites is 1. The molecule has 1 N–H and O–H groups in total. The number of likely N-dealkylation sites (tertiary alicyclic amines) is 1. The molecular weight excluding hydrogens is 316 g/mol. The fourth-order valence-corrected chi connectivity index (χ4v) is 3.02. The van der Waals surface area contributed by atoms with E-state index in [9.17, 15) is 9.59 Å². The second kappa shape index (κ2) is 9.25. The summed E-state index contributed by atoms with van der Waals surface area (Å²) in [5.41, 5.74) is 1.36. The molecule has 5 heteroatoms. The summed E-state index contributed by atoms with van der Waals surface area (Å²) in [7, 11) is 0. The largest absolute Gasteiger partial charge is 0.493 e. The first-order valence-corrected chi connectivity index (χ1v) is 9.05. The van der Waals surface area contributed by atoms with Crippen molar-refractivity contribution in [2.75, 3.05) is 19.7 Å². The molecule has 1 heterocycles. The van der Waals surface area contributed by atoms with E-state index >= 15 is 0 Å². The zero-order valence-corrected chi connectivity index (χ0v) is 15.4. The van der Waals surface area contributed by atoms with Crippen LogP contribution in [0.1, 0.15) is 50.4 Å². The predicted molar refractivity (Wildman–Crippen MR) is 98.7 cm³/mol. The summed E-state index contributed by atoms with van der Waals surface area (Å²) in [4.78, 5) is 26.7. The molecule has 0 saturated carbocycles. The highest BCUT2D eigenvalue weighted by Crippen LogP contribution is 2.22. The Bertz CT molecular complexity index is 632. The average molecular weight is 344 g/mol. The highest BCUT2D eigenvalue weighted by Gasteiger charge is 2.26. The molecule has 2 rings (SSSR count). The molecule has 5 nitrogen and oxygen atoms in total. The molecule has 0 spiro atoms. The lowest BCUT2D eigenvalue weighted by Gasteiger charge is -2.32. The van der Waals surface area contributed by atoms with Crippen LogP contribution in [0.5, 0.6) is 5.75 Å². The third-order valence-electron chi connectivity index (χ3n) is 4.40. The smallest absolute Gasteiger partial charge is 0.257 e. The summed E-state index contributed by atoms with van der Waals surface area (Å²) in [6.07, 6.45) is 4.32. The van der Waals surface area contributed by atoms with Crippen LogP contribution in [0.15, 0.2) is 35.9 Å². The molecule has 1 aliphatic rings. The van der Waals surface area contributed by atoms with E-state index < -0.39 is 0 Å². The van der Waals surface area contributed by atoms with Crippen LogP contribution in [-0.2, 0) is 4.79 Å². The van der Waals surface area contributed by atoms with Gasteiger partial charge < -0.3 is 15.0 Å². The summed E-state index contributed by atoms with van der Waals surface area (Å²) < 4.78 is 5.56. The third-order valence-corrected chi connectivity index (χ3v) is 4.40. The summed E-state index contributed by atoms with van der Waals surface area (Å²) in [6, 6.07) is 7.48. The van der Waals surface area contributed by atoms with Gasteiger partial charge in [0.15, 0.2) is 0 Å². The van der Waals surface area contributed by atoms with Gasteiger partial charge in [-0.1, -0.05) is 25.1 Å². The highest BCUT2D eigenvalue weighted by atomic mass is 16.5. The Labute approximate surface area is 150 Å². The third kappa shape index (κ3) is 5.08. The molecule has 1 aromatic rings. The average Bonchev–Trinajstić information content (AvgIpc) is 2.63. The van der Waals surface area contributed by atoms with Gasteiger partial charge in [-0.2, -0.15) is 0 Å². The van der Waals surface area contributed by atoms with E-state index in [1.54, 1.807) is 6.07 Å². The molecule has 0 bridgehead atoms. The van der Waals surface area contributed by atoms with Crippen LogP contribution >= 0.6 is 0 Å². The van der Waals surface area contributed by atoms with Crippen molar-refractivity contribution in [1.29, 1.82) is 0 Å². The van der Waals surface area contributed by atoms with Gasteiger partial charge in [-0.25, -0.2) is 0 Å². The second-order valence-electron chi connectivity index (χ2n) is 6.26. The van der Waals surface area contributed by atoms with Crippen LogP contribution < -0.4 is 10.1 Å². The van der Waals surface area contributed by atoms with Crippen LogP contribution in [0.4, 0.5) is 0 Å². The standard InChI is InChI=1S/C20H28N2O3/c1-4-8-15(3)19(23)21-16-11-13-22(14-12-16)20(24)17-9-6-7-10-18(17)25-5-2/h6-10,16H,4-5,11-14H2,1-3H3,(H,21,23). The van der Waals surface area contributed by atoms with Gasteiger partial charge in [0.25, 0.3) is 5.91 Å². The summed E-state index contributed by atoms with van der Waals surface area (Å²) >= 11 is 0. The van der Waals surface area contributed by atoms with Crippen LogP contribution in [0.3, 0.4) is 0 Å². The molecule has 1 saturated heterocycles. The van der Waals surface area contributed by atoms with E-state index in [2.05, 4.69) is 5.32 Å². The molecule has 136 valence electrons. The van der Waals surface area contributed by atoms with Gasteiger partial charge in [0, 0.05) is 24.7 Å².